The molecule has 1 fully saturated rings. The van der Waals surface area contributed by atoms with Crippen LogP contribution >= 0.6 is 7.52 Å². The van der Waals surface area contributed by atoms with Gasteiger partial charge in [0.2, 0.25) is 0 Å². The molecule has 84 valence electrons. The summed E-state index contributed by atoms with van der Waals surface area (Å²) < 4.78 is 20.3. The third-order valence-corrected chi connectivity index (χ3v) is 5.90. The van der Waals surface area contributed by atoms with Gasteiger partial charge < -0.3 is 4.52 Å². The van der Waals surface area contributed by atoms with Crippen LogP contribution in [0.1, 0.15) is 40.5 Å². The molecule has 0 radical (unpaired) electrons. The number of rotatable bonds is 2. The first-order valence-corrected chi connectivity index (χ1v) is 6.99. The zero-order valence-electron chi connectivity index (χ0n) is 9.75. The van der Waals surface area contributed by atoms with Crippen LogP contribution in [0, 0.1) is 0 Å². The quantitative estimate of drug-likeness (QED) is 0.668. The summed E-state index contributed by atoms with van der Waals surface area (Å²) in [7, 11) is -2.59. The molecule has 0 N–H and O–H groups in total. The van der Waals surface area contributed by atoms with Crippen molar-refractivity contribution in [2.24, 2.45) is 0 Å². The molecule has 14 heavy (non-hydrogen) atoms. The molecule has 0 saturated carbocycles. The highest BCUT2D eigenvalue weighted by atomic mass is 31.2. The molecule has 0 aliphatic carbocycles. The Balaban J connectivity index is 2.85. The summed E-state index contributed by atoms with van der Waals surface area (Å²) in [5.41, 5.74) is 0. The van der Waals surface area contributed by atoms with Crippen LogP contribution in [0.4, 0.5) is 0 Å². The molecule has 1 aliphatic rings. The maximum Gasteiger partial charge on any atom is 0.277 e. The van der Waals surface area contributed by atoms with Crippen LogP contribution in [0.25, 0.3) is 0 Å². The summed E-state index contributed by atoms with van der Waals surface area (Å²) in [4.78, 5) is 0. The van der Waals surface area contributed by atoms with Gasteiger partial charge in [-0.3, -0.25) is 4.57 Å². The molecule has 0 bridgehead atoms. The maximum absolute atomic E-state index is 12.7. The predicted octanol–water partition coefficient (Wildman–Crippen LogP) is 3.11. The van der Waals surface area contributed by atoms with Crippen molar-refractivity contribution in [3.8, 4) is 0 Å². The average molecular weight is 219 g/mol. The smallest absolute Gasteiger partial charge is 0.277 e. The molecule has 0 unspecified atom stereocenters. The number of nitrogens with zero attached hydrogens (tertiary/aromatic N) is 1. The van der Waals surface area contributed by atoms with E-state index in [2.05, 4.69) is 11.6 Å². The SMILES string of the molecule is CCCN1CCCO[P@]1(=O)C(C)(C)C. The van der Waals surface area contributed by atoms with Gasteiger partial charge in [0.05, 0.1) is 11.8 Å². The summed E-state index contributed by atoms with van der Waals surface area (Å²) in [5, 5.41) is -0.261. The van der Waals surface area contributed by atoms with Crippen molar-refractivity contribution < 1.29 is 9.09 Å². The van der Waals surface area contributed by atoms with E-state index in [4.69, 9.17) is 4.52 Å². The summed E-state index contributed by atoms with van der Waals surface area (Å²) in [6.07, 6.45) is 2.03. The molecule has 1 saturated heterocycles. The van der Waals surface area contributed by atoms with Crippen LogP contribution in [0.15, 0.2) is 0 Å². The van der Waals surface area contributed by atoms with E-state index in [0.717, 1.165) is 25.9 Å². The van der Waals surface area contributed by atoms with E-state index in [9.17, 15) is 4.57 Å². The highest BCUT2D eigenvalue weighted by Crippen LogP contribution is 2.62. The van der Waals surface area contributed by atoms with Crippen LogP contribution in [0.5, 0.6) is 0 Å². The first kappa shape index (κ1) is 12.2. The lowest BCUT2D eigenvalue weighted by Gasteiger charge is -2.42. The van der Waals surface area contributed by atoms with Crippen molar-refractivity contribution in [1.29, 1.82) is 0 Å². The van der Waals surface area contributed by atoms with Gasteiger partial charge >= 0.3 is 0 Å². The van der Waals surface area contributed by atoms with Crippen molar-refractivity contribution in [3.63, 3.8) is 0 Å². The van der Waals surface area contributed by atoms with E-state index in [0.29, 0.717) is 6.61 Å². The Morgan fingerprint density at radius 1 is 1.43 bits per heavy atom. The van der Waals surface area contributed by atoms with E-state index < -0.39 is 7.52 Å². The van der Waals surface area contributed by atoms with E-state index in [1.165, 1.54) is 0 Å². The van der Waals surface area contributed by atoms with Crippen molar-refractivity contribution in [2.75, 3.05) is 19.7 Å². The van der Waals surface area contributed by atoms with Crippen molar-refractivity contribution in [3.05, 3.63) is 0 Å². The average Bonchev–Trinajstić information content (AvgIpc) is 2.07. The number of hydrogen-bond donors (Lipinski definition) is 0. The van der Waals surface area contributed by atoms with Gasteiger partial charge in [0.15, 0.2) is 0 Å². The Bertz CT molecular complexity index is 233. The molecule has 1 rings (SSSR count). The van der Waals surface area contributed by atoms with Gasteiger partial charge in [-0.2, -0.15) is 0 Å². The molecule has 1 aliphatic heterocycles. The van der Waals surface area contributed by atoms with Crippen molar-refractivity contribution in [2.45, 2.75) is 45.7 Å². The fourth-order valence-corrected chi connectivity index (χ4v) is 4.41. The maximum atomic E-state index is 12.7. The lowest BCUT2D eigenvalue weighted by atomic mass is 10.3. The molecule has 0 amide bonds. The van der Waals surface area contributed by atoms with Crippen LogP contribution in [0.3, 0.4) is 0 Å². The second-order valence-electron chi connectivity index (χ2n) is 4.83. The minimum Gasteiger partial charge on any atom is -0.317 e. The molecular formula is C10H22NO2P. The molecule has 0 aromatic rings. The van der Waals surface area contributed by atoms with E-state index in [1.54, 1.807) is 0 Å². The molecule has 0 spiro atoms. The molecule has 3 nitrogen and oxygen atoms in total. The molecule has 1 heterocycles. The molecule has 0 aromatic carbocycles. The van der Waals surface area contributed by atoms with Crippen molar-refractivity contribution >= 4 is 7.52 Å². The third-order valence-electron chi connectivity index (χ3n) is 2.53. The van der Waals surface area contributed by atoms with Gasteiger partial charge in [0.1, 0.15) is 0 Å². The Kier molecular flexibility index (Phi) is 3.79. The second-order valence-corrected chi connectivity index (χ2v) is 8.04. The lowest BCUT2D eigenvalue weighted by molar-refractivity contribution is 0.193. The number of hydrogen-bond acceptors (Lipinski definition) is 2. The first-order chi connectivity index (χ1) is 6.42. The zero-order chi connectivity index (χ0) is 10.8. The Labute approximate surface area is 87.3 Å². The van der Waals surface area contributed by atoms with E-state index in [-0.39, 0.29) is 5.16 Å². The molecule has 1 atom stereocenters. The second kappa shape index (κ2) is 4.34. The topological polar surface area (TPSA) is 29.5 Å². The molecular weight excluding hydrogens is 197 g/mol. The van der Waals surface area contributed by atoms with Crippen LogP contribution in [-0.4, -0.2) is 29.5 Å². The van der Waals surface area contributed by atoms with Crippen molar-refractivity contribution in [1.82, 2.24) is 4.67 Å². The van der Waals surface area contributed by atoms with Gasteiger partial charge in [0, 0.05) is 13.1 Å². The highest BCUT2D eigenvalue weighted by Gasteiger charge is 2.44. The fraction of sp³-hybridized carbons (Fsp3) is 1.00. The molecule has 4 heteroatoms. The van der Waals surface area contributed by atoms with Gasteiger partial charge in [-0.15, -0.1) is 0 Å². The Morgan fingerprint density at radius 2 is 2.07 bits per heavy atom. The van der Waals surface area contributed by atoms with Crippen LogP contribution in [-0.2, 0) is 9.09 Å². The highest BCUT2D eigenvalue weighted by molar-refractivity contribution is 7.58. The third kappa shape index (κ3) is 2.21. The van der Waals surface area contributed by atoms with Crippen LogP contribution in [0.2, 0.25) is 0 Å². The largest absolute Gasteiger partial charge is 0.317 e. The standard InChI is InChI=1S/C10H22NO2P/c1-5-7-11-8-6-9-13-14(11,12)10(2,3)4/h5-9H2,1-4H3/t14-/m1/s1. The van der Waals surface area contributed by atoms with E-state index in [1.807, 2.05) is 20.8 Å². The zero-order valence-corrected chi connectivity index (χ0v) is 10.6. The van der Waals surface area contributed by atoms with Gasteiger partial charge in [-0.05, 0) is 33.6 Å². The summed E-state index contributed by atoms with van der Waals surface area (Å²) in [6, 6.07) is 0. The van der Waals surface area contributed by atoms with Gasteiger partial charge in [0.25, 0.3) is 7.52 Å². The summed E-state index contributed by atoms with van der Waals surface area (Å²) >= 11 is 0. The van der Waals surface area contributed by atoms with E-state index >= 15 is 0 Å². The summed E-state index contributed by atoms with van der Waals surface area (Å²) in [6.45, 7) is 10.6. The normalized spacial score (nSPS) is 30.6. The first-order valence-electron chi connectivity index (χ1n) is 5.42. The monoisotopic (exact) mass is 219 g/mol. The Morgan fingerprint density at radius 3 is 2.57 bits per heavy atom. The predicted molar refractivity (Wildman–Crippen MR) is 59.8 cm³/mol. The van der Waals surface area contributed by atoms with Gasteiger partial charge in [-0.25, -0.2) is 4.67 Å². The lowest BCUT2D eigenvalue weighted by Crippen LogP contribution is -2.36. The van der Waals surface area contributed by atoms with Crippen LogP contribution < -0.4 is 0 Å². The fourth-order valence-electron chi connectivity index (χ4n) is 1.77. The minimum atomic E-state index is -2.59. The molecule has 0 aromatic heterocycles. The Hall–Kier alpha value is 0.150. The minimum absolute atomic E-state index is 0.261. The summed E-state index contributed by atoms with van der Waals surface area (Å²) in [5.74, 6) is 0. The van der Waals surface area contributed by atoms with Gasteiger partial charge in [-0.1, -0.05) is 6.92 Å².